The number of hydrogen-bond acceptors (Lipinski definition) is 4. The Labute approximate surface area is 109 Å². The molecule has 1 rings (SSSR count). The van der Waals surface area contributed by atoms with E-state index in [2.05, 4.69) is 5.32 Å². The molecule has 18 heavy (non-hydrogen) atoms. The molecule has 3 N–H and O–H groups in total. The largest absolute Gasteiger partial charge is 0.352 e. The molecule has 0 radical (unpaired) electrons. The summed E-state index contributed by atoms with van der Waals surface area (Å²) in [5.74, 6) is -0.253. The summed E-state index contributed by atoms with van der Waals surface area (Å²) >= 11 is 0. The first-order valence-corrected chi connectivity index (χ1v) is 8.68. The van der Waals surface area contributed by atoms with Crippen molar-refractivity contribution in [2.75, 3.05) is 12.0 Å². The summed E-state index contributed by atoms with van der Waals surface area (Å²) in [7, 11) is -3.05. The summed E-state index contributed by atoms with van der Waals surface area (Å²) in [5, 5.41) is 2.94. The maximum Gasteiger partial charge on any atom is 0.237 e. The van der Waals surface area contributed by atoms with Crippen LogP contribution < -0.4 is 11.1 Å². The second-order valence-electron chi connectivity index (χ2n) is 5.22. The summed E-state index contributed by atoms with van der Waals surface area (Å²) in [4.78, 5) is 11.8. The highest BCUT2D eigenvalue weighted by Gasteiger charge is 2.20. The lowest BCUT2D eigenvalue weighted by atomic mass is 10.1. The van der Waals surface area contributed by atoms with Crippen molar-refractivity contribution in [1.82, 2.24) is 5.32 Å². The molecule has 1 amide bonds. The average Bonchev–Trinajstić information content (AvgIpc) is 2.53. The van der Waals surface area contributed by atoms with Gasteiger partial charge in [-0.2, -0.15) is 0 Å². The number of hydrogen-bond donors (Lipinski definition) is 2. The molecule has 1 unspecified atom stereocenters. The maximum atomic E-state index is 11.8. The van der Waals surface area contributed by atoms with Gasteiger partial charge in [0.05, 0.1) is 11.8 Å². The van der Waals surface area contributed by atoms with Crippen LogP contribution in [-0.4, -0.2) is 38.4 Å². The van der Waals surface area contributed by atoms with E-state index >= 15 is 0 Å². The second-order valence-corrected chi connectivity index (χ2v) is 7.48. The van der Waals surface area contributed by atoms with Crippen molar-refractivity contribution in [3.8, 4) is 0 Å². The van der Waals surface area contributed by atoms with Crippen LogP contribution in [0.15, 0.2) is 0 Å². The maximum absolute atomic E-state index is 11.8. The van der Waals surface area contributed by atoms with Crippen molar-refractivity contribution in [2.24, 2.45) is 5.73 Å². The van der Waals surface area contributed by atoms with Gasteiger partial charge in [-0.05, 0) is 19.3 Å². The first-order chi connectivity index (χ1) is 8.38. The van der Waals surface area contributed by atoms with Gasteiger partial charge in [-0.3, -0.25) is 4.79 Å². The van der Waals surface area contributed by atoms with Crippen LogP contribution >= 0.6 is 0 Å². The third kappa shape index (κ3) is 6.35. The van der Waals surface area contributed by atoms with Crippen LogP contribution in [0, 0.1) is 0 Å². The molecule has 0 saturated heterocycles. The highest BCUT2D eigenvalue weighted by molar-refractivity contribution is 7.90. The molecule has 0 heterocycles. The monoisotopic (exact) mass is 276 g/mol. The lowest BCUT2D eigenvalue weighted by Crippen LogP contribution is -2.45. The van der Waals surface area contributed by atoms with E-state index in [0.29, 0.717) is 0 Å². The zero-order chi connectivity index (χ0) is 13.6. The Kier molecular flexibility index (Phi) is 6.08. The topological polar surface area (TPSA) is 89.3 Å². The minimum atomic E-state index is -3.05. The summed E-state index contributed by atoms with van der Waals surface area (Å²) in [5.41, 5.74) is 5.70. The summed E-state index contributed by atoms with van der Waals surface area (Å²) in [6.45, 7) is 0. The van der Waals surface area contributed by atoms with Gasteiger partial charge in [-0.25, -0.2) is 8.42 Å². The van der Waals surface area contributed by atoms with Gasteiger partial charge >= 0.3 is 0 Å². The quantitative estimate of drug-likeness (QED) is 0.719. The Bertz CT molecular complexity index is 360. The van der Waals surface area contributed by atoms with Crippen molar-refractivity contribution in [2.45, 2.75) is 57.0 Å². The Balaban J connectivity index is 2.34. The Hall–Kier alpha value is -0.620. The van der Waals surface area contributed by atoms with Gasteiger partial charge < -0.3 is 11.1 Å². The number of carbonyl (C=O) groups excluding carboxylic acids is 1. The minimum absolute atomic E-state index is 0.0355. The normalized spacial score (nSPS) is 20.1. The number of carbonyl (C=O) groups is 1. The molecule has 1 saturated carbocycles. The van der Waals surface area contributed by atoms with Crippen molar-refractivity contribution < 1.29 is 13.2 Å². The minimum Gasteiger partial charge on any atom is -0.352 e. The van der Waals surface area contributed by atoms with E-state index in [1.807, 2.05) is 0 Å². The fourth-order valence-electron chi connectivity index (χ4n) is 2.20. The fraction of sp³-hybridized carbons (Fsp3) is 0.917. The van der Waals surface area contributed by atoms with Crippen molar-refractivity contribution in [1.29, 1.82) is 0 Å². The van der Waals surface area contributed by atoms with Crippen molar-refractivity contribution >= 4 is 15.7 Å². The number of amides is 1. The van der Waals surface area contributed by atoms with Gasteiger partial charge in [0.1, 0.15) is 9.84 Å². The third-order valence-electron chi connectivity index (χ3n) is 3.34. The van der Waals surface area contributed by atoms with Crippen LogP contribution in [0.5, 0.6) is 0 Å². The second kappa shape index (κ2) is 7.09. The molecule has 1 atom stereocenters. The number of nitrogens with one attached hydrogen (secondary N) is 1. The molecule has 1 aliphatic rings. The van der Waals surface area contributed by atoms with Crippen LogP contribution in [0.3, 0.4) is 0 Å². The molecule has 0 aliphatic heterocycles. The zero-order valence-electron chi connectivity index (χ0n) is 11.0. The molecular weight excluding hydrogens is 252 g/mol. The van der Waals surface area contributed by atoms with Crippen LogP contribution in [0.4, 0.5) is 0 Å². The van der Waals surface area contributed by atoms with Crippen LogP contribution in [0.25, 0.3) is 0 Å². The SMILES string of the molecule is CS(=O)(=O)CCC(N)C(=O)NC1CCCCCC1. The molecule has 5 nitrogen and oxygen atoms in total. The smallest absolute Gasteiger partial charge is 0.237 e. The highest BCUT2D eigenvalue weighted by Crippen LogP contribution is 2.17. The number of sulfone groups is 1. The lowest BCUT2D eigenvalue weighted by Gasteiger charge is -2.19. The summed E-state index contributed by atoms with van der Waals surface area (Å²) < 4.78 is 22.0. The van der Waals surface area contributed by atoms with E-state index in [1.54, 1.807) is 0 Å². The molecule has 0 aromatic heterocycles. The van der Waals surface area contributed by atoms with E-state index in [0.717, 1.165) is 31.9 Å². The van der Waals surface area contributed by atoms with Crippen LogP contribution in [0.1, 0.15) is 44.9 Å². The average molecular weight is 276 g/mol. The lowest BCUT2D eigenvalue weighted by molar-refractivity contribution is -0.123. The standard InChI is InChI=1S/C12H24N2O3S/c1-18(16,17)9-8-11(13)12(15)14-10-6-4-2-3-5-7-10/h10-11H,2-9,13H2,1H3,(H,14,15). The highest BCUT2D eigenvalue weighted by atomic mass is 32.2. The van der Waals surface area contributed by atoms with E-state index in [4.69, 9.17) is 5.73 Å². The van der Waals surface area contributed by atoms with Gasteiger partial charge in [-0.15, -0.1) is 0 Å². The van der Waals surface area contributed by atoms with Crippen molar-refractivity contribution in [3.63, 3.8) is 0 Å². The predicted molar refractivity (Wildman–Crippen MR) is 71.9 cm³/mol. The molecule has 0 spiro atoms. The first kappa shape index (κ1) is 15.4. The van der Waals surface area contributed by atoms with Gasteiger partial charge in [0.2, 0.25) is 5.91 Å². The van der Waals surface area contributed by atoms with Gasteiger partial charge in [0.15, 0.2) is 0 Å². The van der Waals surface area contributed by atoms with Crippen LogP contribution in [0.2, 0.25) is 0 Å². The van der Waals surface area contributed by atoms with E-state index in [-0.39, 0.29) is 24.1 Å². The zero-order valence-corrected chi connectivity index (χ0v) is 11.8. The van der Waals surface area contributed by atoms with Gasteiger partial charge in [0.25, 0.3) is 0 Å². The predicted octanol–water partition coefficient (Wildman–Crippen LogP) is 0.587. The first-order valence-electron chi connectivity index (χ1n) is 6.62. The molecular formula is C12H24N2O3S. The van der Waals surface area contributed by atoms with E-state index < -0.39 is 15.9 Å². The Morgan fingerprint density at radius 3 is 2.33 bits per heavy atom. The summed E-state index contributed by atoms with van der Waals surface area (Å²) in [6.07, 6.45) is 8.10. The molecule has 106 valence electrons. The van der Waals surface area contributed by atoms with Gasteiger partial charge in [0, 0.05) is 12.3 Å². The number of nitrogens with two attached hydrogens (primary N) is 1. The van der Waals surface area contributed by atoms with Crippen LogP contribution in [-0.2, 0) is 14.6 Å². The van der Waals surface area contributed by atoms with Gasteiger partial charge in [-0.1, -0.05) is 25.7 Å². The summed E-state index contributed by atoms with van der Waals surface area (Å²) in [6, 6.07) is -0.507. The number of rotatable bonds is 5. The van der Waals surface area contributed by atoms with E-state index in [1.165, 1.54) is 12.8 Å². The fourth-order valence-corrected chi connectivity index (χ4v) is 2.89. The Morgan fingerprint density at radius 1 is 1.28 bits per heavy atom. The third-order valence-corrected chi connectivity index (χ3v) is 4.32. The Morgan fingerprint density at radius 2 is 1.83 bits per heavy atom. The molecule has 0 aromatic carbocycles. The van der Waals surface area contributed by atoms with E-state index in [9.17, 15) is 13.2 Å². The molecule has 0 bridgehead atoms. The molecule has 0 aromatic rings. The molecule has 6 heteroatoms. The molecule has 1 fully saturated rings. The molecule has 1 aliphatic carbocycles. The van der Waals surface area contributed by atoms with Crippen molar-refractivity contribution in [3.05, 3.63) is 0 Å².